The van der Waals surface area contributed by atoms with Crippen molar-refractivity contribution in [3.05, 3.63) is 57.3 Å². The Kier molecular flexibility index (Phi) is 6.93. The van der Waals surface area contributed by atoms with Gasteiger partial charge in [0.25, 0.3) is 5.91 Å². The molecule has 1 aliphatic rings. The van der Waals surface area contributed by atoms with Crippen molar-refractivity contribution in [2.45, 2.75) is 39.0 Å². The van der Waals surface area contributed by atoms with E-state index in [9.17, 15) is 9.59 Å². The average Bonchev–Trinajstić information content (AvgIpc) is 3.30. The molecule has 186 valence electrons. The summed E-state index contributed by atoms with van der Waals surface area (Å²) in [5.74, 6) is 0.0398. The molecule has 7 nitrogen and oxygen atoms in total. The molecule has 0 radical (unpaired) electrons. The molecule has 0 bridgehead atoms. The van der Waals surface area contributed by atoms with E-state index in [-0.39, 0.29) is 18.5 Å². The number of nitrogen functional groups attached to an aromatic ring is 1. The molecule has 0 saturated heterocycles. The number of thiophene rings is 2. The number of nitrogens with two attached hydrogens (primary N) is 1. The molecule has 0 aliphatic heterocycles. The quantitative estimate of drug-likeness (QED) is 0.228. The van der Waals surface area contributed by atoms with Crippen LogP contribution < -0.4 is 15.8 Å². The van der Waals surface area contributed by atoms with Crippen molar-refractivity contribution < 1.29 is 19.1 Å². The Bertz CT molecular complexity index is 1440. The Morgan fingerprint density at radius 1 is 1.06 bits per heavy atom. The number of nitrogens with one attached hydrogen (secondary N) is 1. The van der Waals surface area contributed by atoms with Gasteiger partial charge < -0.3 is 20.5 Å². The first kappa shape index (κ1) is 24.3. The normalized spacial score (nSPS) is 13.2. The number of ether oxygens (including phenoxy) is 2. The van der Waals surface area contributed by atoms with E-state index in [1.54, 1.807) is 14.0 Å². The SMILES string of the molecule is CCOC(=O)c1c(NC(=O)c2sc3nc(-c4ccc(OC)cc4)ccc3c2N)sc2c1CCCCC2. The number of methoxy groups -OCH3 is 1. The average molecular weight is 522 g/mol. The molecule has 0 spiro atoms. The fourth-order valence-electron chi connectivity index (χ4n) is 4.50. The molecule has 1 aliphatic carbocycles. The third-order valence-electron chi connectivity index (χ3n) is 6.31. The predicted octanol–water partition coefficient (Wildman–Crippen LogP) is 6.31. The maximum atomic E-state index is 13.4. The number of esters is 1. The van der Waals surface area contributed by atoms with Crippen LogP contribution in [0.1, 0.15) is 56.7 Å². The Morgan fingerprint density at radius 2 is 1.83 bits per heavy atom. The van der Waals surface area contributed by atoms with E-state index in [1.807, 2.05) is 36.4 Å². The van der Waals surface area contributed by atoms with Gasteiger partial charge in [0.1, 0.15) is 20.5 Å². The number of pyridine rings is 1. The van der Waals surface area contributed by atoms with Gasteiger partial charge in [-0.15, -0.1) is 22.7 Å². The third kappa shape index (κ3) is 4.56. The fourth-order valence-corrected chi connectivity index (χ4v) is 6.76. The second kappa shape index (κ2) is 10.3. The van der Waals surface area contributed by atoms with Crippen molar-refractivity contribution in [3.8, 4) is 17.0 Å². The third-order valence-corrected chi connectivity index (χ3v) is 8.63. The highest BCUT2D eigenvalue weighted by Crippen LogP contribution is 2.40. The molecule has 3 heterocycles. The van der Waals surface area contributed by atoms with Gasteiger partial charge in [-0.3, -0.25) is 4.79 Å². The highest BCUT2D eigenvalue weighted by Gasteiger charge is 2.28. The molecule has 9 heteroatoms. The number of benzene rings is 1. The second-order valence-corrected chi connectivity index (χ2v) is 10.7. The molecule has 1 amide bonds. The zero-order chi connectivity index (χ0) is 25.2. The lowest BCUT2D eigenvalue weighted by Crippen LogP contribution is -2.15. The molecule has 1 aromatic carbocycles. The molecule has 0 fully saturated rings. The summed E-state index contributed by atoms with van der Waals surface area (Å²) in [7, 11) is 1.63. The molecule has 3 N–H and O–H groups in total. The Balaban J connectivity index is 1.47. The first-order chi connectivity index (χ1) is 17.5. The summed E-state index contributed by atoms with van der Waals surface area (Å²) in [6, 6.07) is 11.4. The van der Waals surface area contributed by atoms with E-state index in [4.69, 9.17) is 20.2 Å². The summed E-state index contributed by atoms with van der Waals surface area (Å²) in [4.78, 5) is 33.2. The summed E-state index contributed by atoms with van der Waals surface area (Å²) in [6.45, 7) is 2.06. The molecular formula is C27H27N3O4S2. The van der Waals surface area contributed by atoms with Crippen LogP contribution >= 0.6 is 22.7 Å². The minimum Gasteiger partial charge on any atom is -0.497 e. The summed E-state index contributed by atoms with van der Waals surface area (Å²) in [5, 5.41) is 4.24. The Morgan fingerprint density at radius 3 is 2.58 bits per heavy atom. The first-order valence-corrected chi connectivity index (χ1v) is 13.6. The summed E-state index contributed by atoms with van der Waals surface area (Å²) < 4.78 is 10.6. The lowest BCUT2D eigenvalue weighted by atomic mass is 10.1. The van der Waals surface area contributed by atoms with E-state index < -0.39 is 0 Å². The first-order valence-electron chi connectivity index (χ1n) is 12.0. The van der Waals surface area contributed by atoms with Crippen LogP contribution in [0.4, 0.5) is 10.7 Å². The van der Waals surface area contributed by atoms with Gasteiger partial charge in [-0.2, -0.15) is 0 Å². The van der Waals surface area contributed by atoms with Crippen molar-refractivity contribution in [3.63, 3.8) is 0 Å². The largest absolute Gasteiger partial charge is 0.497 e. The number of hydrogen-bond acceptors (Lipinski definition) is 8. The number of amides is 1. The minimum atomic E-state index is -0.387. The van der Waals surface area contributed by atoms with Crippen molar-refractivity contribution in [1.82, 2.24) is 4.98 Å². The molecule has 36 heavy (non-hydrogen) atoms. The Hall–Kier alpha value is -3.43. The summed E-state index contributed by atoms with van der Waals surface area (Å²) in [6.07, 6.45) is 4.96. The summed E-state index contributed by atoms with van der Waals surface area (Å²) in [5.41, 5.74) is 10.0. The smallest absolute Gasteiger partial charge is 0.341 e. The molecule has 3 aromatic heterocycles. The lowest BCUT2D eigenvalue weighted by Gasteiger charge is -2.08. The number of anilines is 2. The lowest BCUT2D eigenvalue weighted by molar-refractivity contribution is 0.0527. The van der Waals surface area contributed by atoms with Crippen LogP contribution in [-0.4, -0.2) is 30.6 Å². The van der Waals surface area contributed by atoms with E-state index in [2.05, 4.69) is 5.32 Å². The van der Waals surface area contributed by atoms with Gasteiger partial charge >= 0.3 is 5.97 Å². The summed E-state index contributed by atoms with van der Waals surface area (Å²) >= 11 is 2.72. The van der Waals surface area contributed by atoms with E-state index >= 15 is 0 Å². The number of carbonyl (C=O) groups excluding carboxylic acids is 2. The van der Waals surface area contributed by atoms with Crippen molar-refractivity contribution in [1.29, 1.82) is 0 Å². The maximum Gasteiger partial charge on any atom is 0.341 e. The number of aromatic nitrogens is 1. The zero-order valence-corrected chi connectivity index (χ0v) is 21.8. The molecular weight excluding hydrogens is 494 g/mol. The van der Waals surface area contributed by atoms with Crippen LogP contribution in [0, 0.1) is 0 Å². The van der Waals surface area contributed by atoms with Gasteiger partial charge in [0, 0.05) is 15.8 Å². The van der Waals surface area contributed by atoms with Crippen LogP contribution in [0.25, 0.3) is 21.5 Å². The molecule has 5 rings (SSSR count). The van der Waals surface area contributed by atoms with E-state index in [1.165, 1.54) is 22.7 Å². The number of hydrogen-bond donors (Lipinski definition) is 2. The van der Waals surface area contributed by atoms with Gasteiger partial charge in [-0.1, -0.05) is 6.42 Å². The molecule has 0 unspecified atom stereocenters. The highest BCUT2D eigenvalue weighted by atomic mass is 32.1. The van der Waals surface area contributed by atoms with Crippen LogP contribution in [-0.2, 0) is 17.6 Å². The highest BCUT2D eigenvalue weighted by molar-refractivity contribution is 7.21. The monoisotopic (exact) mass is 521 g/mol. The van der Waals surface area contributed by atoms with Crippen LogP contribution in [0.3, 0.4) is 0 Å². The number of rotatable bonds is 6. The van der Waals surface area contributed by atoms with E-state index in [0.29, 0.717) is 26.0 Å². The van der Waals surface area contributed by atoms with Gasteiger partial charge in [0.2, 0.25) is 0 Å². The van der Waals surface area contributed by atoms with Gasteiger partial charge in [-0.25, -0.2) is 9.78 Å². The van der Waals surface area contributed by atoms with Crippen molar-refractivity contribution in [2.24, 2.45) is 0 Å². The van der Waals surface area contributed by atoms with Gasteiger partial charge in [0.15, 0.2) is 0 Å². The van der Waals surface area contributed by atoms with Crippen LogP contribution in [0.5, 0.6) is 5.75 Å². The Labute approximate surface area is 217 Å². The number of carbonyl (C=O) groups is 2. The zero-order valence-electron chi connectivity index (χ0n) is 20.2. The number of fused-ring (bicyclic) bond motifs is 2. The van der Waals surface area contributed by atoms with Gasteiger partial charge in [-0.05, 0) is 74.6 Å². The van der Waals surface area contributed by atoms with Crippen LogP contribution in [0.2, 0.25) is 0 Å². The van der Waals surface area contributed by atoms with Crippen molar-refractivity contribution >= 4 is 55.5 Å². The molecule has 0 atom stereocenters. The standard InChI is InChI=1S/C27H27N3O4S2/c1-3-34-27(32)21-17-7-5-4-6-8-20(17)35-26(21)30-24(31)23-22(28)18-13-14-19(29-25(18)36-23)15-9-11-16(33-2)12-10-15/h9-14H,3-8,28H2,1-2H3,(H,30,31). The molecule has 0 saturated carbocycles. The van der Waals surface area contributed by atoms with E-state index in [0.717, 1.165) is 64.9 Å². The minimum absolute atomic E-state index is 0.280. The maximum absolute atomic E-state index is 13.4. The predicted molar refractivity (Wildman–Crippen MR) is 146 cm³/mol. The number of aryl methyl sites for hydroxylation is 1. The topological polar surface area (TPSA) is 104 Å². The van der Waals surface area contributed by atoms with Crippen LogP contribution in [0.15, 0.2) is 36.4 Å². The molecule has 4 aromatic rings. The van der Waals surface area contributed by atoms with Crippen molar-refractivity contribution in [2.75, 3.05) is 24.8 Å². The van der Waals surface area contributed by atoms with Gasteiger partial charge in [0.05, 0.1) is 30.7 Å². The fraction of sp³-hybridized carbons (Fsp3) is 0.296. The second-order valence-electron chi connectivity index (χ2n) is 8.57. The number of nitrogens with zero attached hydrogens (tertiary/aromatic N) is 1.